The van der Waals surface area contributed by atoms with Crippen LogP contribution in [0.15, 0.2) is 41.3 Å². The van der Waals surface area contributed by atoms with Gasteiger partial charge in [0.2, 0.25) is 15.9 Å². The molecular formula is C22H30N4O5S. The number of sulfonamides is 1. The van der Waals surface area contributed by atoms with Gasteiger partial charge in [-0.15, -0.1) is 0 Å². The Morgan fingerprint density at radius 2 is 1.69 bits per heavy atom. The quantitative estimate of drug-likeness (QED) is 0.527. The van der Waals surface area contributed by atoms with E-state index < -0.39 is 22.0 Å². The minimum Gasteiger partial charge on any atom is -0.495 e. The first-order chi connectivity index (χ1) is 15.1. The molecule has 2 aromatic carbocycles. The summed E-state index contributed by atoms with van der Waals surface area (Å²) in [4.78, 5) is 24.4. The summed E-state index contributed by atoms with van der Waals surface area (Å²) in [6.45, 7) is 7.83. The molecule has 174 valence electrons. The molecule has 0 saturated heterocycles. The number of aryl methyl sites for hydroxylation is 2. The molecule has 0 aliphatic heterocycles. The molecule has 2 aromatic rings. The Hall–Kier alpha value is -3.11. The number of carbonyl (C=O) groups is 2. The van der Waals surface area contributed by atoms with Crippen molar-refractivity contribution in [3.63, 3.8) is 0 Å². The summed E-state index contributed by atoms with van der Waals surface area (Å²) in [5, 5.41) is 7.68. The van der Waals surface area contributed by atoms with Crippen molar-refractivity contribution in [2.45, 2.75) is 32.6 Å². The summed E-state index contributed by atoms with van der Waals surface area (Å²) in [5.41, 5.74) is 3.01. The van der Waals surface area contributed by atoms with E-state index in [0.717, 1.165) is 11.1 Å². The van der Waals surface area contributed by atoms with Crippen LogP contribution in [-0.4, -0.2) is 51.4 Å². The Kier molecular flexibility index (Phi) is 8.62. The van der Waals surface area contributed by atoms with Crippen molar-refractivity contribution in [1.82, 2.24) is 9.62 Å². The van der Waals surface area contributed by atoms with Crippen molar-refractivity contribution in [3.05, 3.63) is 47.5 Å². The molecule has 0 saturated carbocycles. The molecule has 0 atom stereocenters. The highest BCUT2D eigenvalue weighted by molar-refractivity contribution is 7.89. The SMILES string of the molecule is CCN(CC)S(=O)(=O)c1ccc(OC)c(NCC(=O)NC(=O)Nc2ccc(C)c(C)c2)c1. The summed E-state index contributed by atoms with van der Waals surface area (Å²) in [6.07, 6.45) is 0. The van der Waals surface area contributed by atoms with Gasteiger partial charge in [0.15, 0.2) is 0 Å². The van der Waals surface area contributed by atoms with Crippen molar-refractivity contribution in [3.8, 4) is 5.75 Å². The predicted octanol–water partition coefficient (Wildman–Crippen LogP) is 3.10. The Balaban J connectivity index is 2.06. The molecular weight excluding hydrogens is 432 g/mol. The van der Waals surface area contributed by atoms with Crippen LogP contribution >= 0.6 is 0 Å². The van der Waals surface area contributed by atoms with Gasteiger partial charge in [-0.05, 0) is 55.3 Å². The zero-order valence-corrected chi connectivity index (χ0v) is 19.8. The third-order valence-electron chi connectivity index (χ3n) is 4.97. The molecule has 32 heavy (non-hydrogen) atoms. The Bertz CT molecular complexity index is 1080. The number of hydrogen-bond acceptors (Lipinski definition) is 6. The van der Waals surface area contributed by atoms with Gasteiger partial charge in [0.1, 0.15) is 5.75 Å². The van der Waals surface area contributed by atoms with Gasteiger partial charge < -0.3 is 15.4 Å². The fraction of sp³-hybridized carbons (Fsp3) is 0.364. The number of benzene rings is 2. The number of urea groups is 1. The van der Waals surface area contributed by atoms with E-state index in [4.69, 9.17) is 4.74 Å². The second kappa shape index (κ2) is 11.0. The molecule has 0 aliphatic rings. The van der Waals surface area contributed by atoms with Crippen LogP contribution < -0.4 is 20.7 Å². The molecule has 0 heterocycles. The van der Waals surface area contributed by atoms with Gasteiger partial charge in [0.25, 0.3) is 0 Å². The number of nitrogens with one attached hydrogen (secondary N) is 3. The number of hydrogen-bond donors (Lipinski definition) is 3. The van der Waals surface area contributed by atoms with Crippen molar-refractivity contribution in [1.29, 1.82) is 0 Å². The molecule has 0 aliphatic carbocycles. The molecule has 3 N–H and O–H groups in total. The highest BCUT2D eigenvalue weighted by atomic mass is 32.2. The van der Waals surface area contributed by atoms with Crippen LogP contribution in [0.5, 0.6) is 5.75 Å². The lowest BCUT2D eigenvalue weighted by molar-refractivity contribution is -0.118. The number of nitrogens with zero attached hydrogens (tertiary/aromatic N) is 1. The summed E-state index contributed by atoms with van der Waals surface area (Å²) in [5.74, 6) is -0.221. The number of methoxy groups -OCH3 is 1. The molecule has 9 nitrogen and oxygen atoms in total. The van der Waals surface area contributed by atoms with Crippen LogP contribution in [0.4, 0.5) is 16.2 Å². The molecule has 0 fully saturated rings. The van der Waals surface area contributed by atoms with Crippen LogP contribution in [0, 0.1) is 13.8 Å². The highest BCUT2D eigenvalue weighted by Crippen LogP contribution is 2.28. The maximum atomic E-state index is 12.8. The second-order valence-electron chi connectivity index (χ2n) is 7.11. The van der Waals surface area contributed by atoms with Crippen LogP contribution in [0.2, 0.25) is 0 Å². The first kappa shape index (κ1) is 25.2. The van der Waals surface area contributed by atoms with E-state index in [-0.39, 0.29) is 11.4 Å². The molecule has 0 aromatic heterocycles. The molecule has 3 amide bonds. The molecule has 0 radical (unpaired) electrons. The van der Waals surface area contributed by atoms with Gasteiger partial charge >= 0.3 is 6.03 Å². The van der Waals surface area contributed by atoms with E-state index in [0.29, 0.717) is 30.2 Å². The molecule has 0 bridgehead atoms. The van der Waals surface area contributed by atoms with Gasteiger partial charge in [-0.1, -0.05) is 19.9 Å². The average Bonchev–Trinajstić information content (AvgIpc) is 2.75. The van der Waals surface area contributed by atoms with Crippen LogP contribution in [-0.2, 0) is 14.8 Å². The van der Waals surface area contributed by atoms with Gasteiger partial charge in [0.05, 0.1) is 24.2 Å². The van der Waals surface area contributed by atoms with Crippen LogP contribution in [0.25, 0.3) is 0 Å². The van der Waals surface area contributed by atoms with E-state index in [9.17, 15) is 18.0 Å². The van der Waals surface area contributed by atoms with E-state index in [1.165, 1.54) is 29.6 Å². The van der Waals surface area contributed by atoms with E-state index in [1.807, 2.05) is 26.0 Å². The zero-order valence-electron chi connectivity index (χ0n) is 19.0. The van der Waals surface area contributed by atoms with E-state index in [1.54, 1.807) is 19.9 Å². The summed E-state index contributed by atoms with van der Waals surface area (Å²) in [6, 6.07) is 9.15. The first-order valence-electron chi connectivity index (χ1n) is 10.2. The lowest BCUT2D eigenvalue weighted by Gasteiger charge is -2.20. The number of rotatable bonds is 9. The topological polar surface area (TPSA) is 117 Å². The third-order valence-corrected chi connectivity index (χ3v) is 7.02. The monoisotopic (exact) mass is 462 g/mol. The molecule has 0 spiro atoms. The van der Waals surface area contributed by atoms with Gasteiger partial charge in [-0.3, -0.25) is 10.1 Å². The molecule has 10 heteroatoms. The normalized spacial score (nSPS) is 11.2. The number of amides is 3. The standard InChI is InChI=1S/C22H30N4O5S/c1-6-26(7-2)32(29,30)18-10-11-20(31-5)19(13-18)23-14-21(27)25-22(28)24-17-9-8-15(3)16(4)12-17/h8-13,23H,6-7,14H2,1-5H3,(H2,24,25,27,28). The van der Waals surface area contributed by atoms with E-state index in [2.05, 4.69) is 16.0 Å². The maximum absolute atomic E-state index is 12.8. The number of carbonyl (C=O) groups excluding carboxylic acids is 2. The largest absolute Gasteiger partial charge is 0.495 e. The number of anilines is 2. The van der Waals surface area contributed by atoms with Crippen LogP contribution in [0.3, 0.4) is 0 Å². The van der Waals surface area contributed by atoms with Gasteiger partial charge in [0, 0.05) is 18.8 Å². The van der Waals surface area contributed by atoms with Crippen molar-refractivity contribution in [2.75, 3.05) is 37.4 Å². The fourth-order valence-corrected chi connectivity index (χ4v) is 4.51. The summed E-state index contributed by atoms with van der Waals surface area (Å²) < 4.78 is 32.1. The number of imide groups is 1. The average molecular weight is 463 g/mol. The summed E-state index contributed by atoms with van der Waals surface area (Å²) >= 11 is 0. The number of ether oxygens (including phenoxy) is 1. The van der Waals surface area contributed by atoms with Gasteiger partial charge in [-0.2, -0.15) is 4.31 Å². The lowest BCUT2D eigenvalue weighted by Crippen LogP contribution is -2.38. The van der Waals surface area contributed by atoms with Gasteiger partial charge in [-0.25, -0.2) is 13.2 Å². The second-order valence-corrected chi connectivity index (χ2v) is 9.04. The lowest BCUT2D eigenvalue weighted by atomic mass is 10.1. The third kappa shape index (κ3) is 6.21. The van der Waals surface area contributed by atoms with Crippen molar-refractivity contribution >= 4 is 33.3 Å². The van der Waals surface area contributed by atoms with Crippen LogP contribution in [0.1, 0.15) is 25.0 Å². The smallest absolute Gasteiger partial charge is 0.325 e. The van der Waals surface area contributed by atoms with Crippen molar-refractivity contribution in [2.24, 2.45) is 0 Å². The Morgan fingerprint density at radius 1 is 1.00 bits per heavy atom. The zero-order chi connectivity index (χ0) is 23.9. The maximum Gasteiger partial charge on any atom is 0.325 e. The van der Waals surface area contributed by atoms with Crippen molar-refractivity contribution < 1.29 is 22.7 Å². The molecule has 0 unspecified atom stereocenters. The molecule has 2 rings (SSSR count). The minimum absolute atomic E-state index is 0.0809. The minimum atomic E-state index is -3.67. The highest BCUT2D eigenvalue weighted by Gasteiger charge is 2.23. The summed E-state index contributed by atoms with van der Waals surface area (Å²) in [7, 11) is -2.23. The Labute approximate surface area is 189 Å². The fourth-order valence-electron chi connectivity index (χ4n) is 3.03. The Morgan fingerprint density at radius 3 is 2.28 bits per heavy atom. The van der Waals surface area contributed by atoms with E-state index >= 15 is 0 Å². The first-order valence-corrected chi connectivity index (χ1v) is 11.7. The predicted molar refractivity (Wildman–Crippen MR) is 125 cm³/mol.